The van der Waals surface area contributed by atoms with E-state index in [-0.39, 0.29) is 0 Å². The van der Waals surface area contributed by atoms with Crippen LogP contribution in [0.25, 0.3) is 17.0 Å². The molecule has 0 amide bonds. The molecule has 0 atom stereocenters. The van der Waals surface area contributed by atoms with E-state index in [1.54, 1.807) is 23.9 Å². The number of hydrogen-bond acceptors (Lipinski definition) is 2. The van der Waals surface area contributed by atoms with Crippen molar-refractivity contribution >= 4 is 28.8 Å². The van der Waals surface area contributed by atoms with E-state index >= 15 is 0 Å². The molecule has 2 heteroatoms. The molecule has 3 rings (SSSR count). The van der Waals surface area contributed by atoms with Gasteiger partial charge in [-0.3, -0.25) is 0 Å². The van der Waals surface area contributed by atoms with E-state index in [2.05, 4.69) is 30.2 Å². The van der Waals surface area contributed by atoms with Gasteiger partial charge in [-0.2, -0.15) is 0 Å². The van der Waals surface area contributed by atoms with Crippen LogP contribution in [-0.2, 0) is 0 Å². The van der Waals surface area contributed by atoms with Crippen molar-refractivity contribution in [2.45, 2.75) is 9.79 Å². The predicted molar refractivity (Wildman–Crippen MR) is 84.6 cm³/mol. The first-order valence-corrected chi connectivity index (χ1v) is 7.06. The second kappa shape index (κ2) is 5.73. The van der Waals surface area contributed by atoms with Crippen LogP contribution in [0.1, 0.15) is 5.76 Å². The van der Waals surface area contributed by atoms with Crippen LogP contribution >= 0.6 is 11.8 Å². The van der Waals surface area contributed by atoms with Gasteiger partial charge in [-0.15, -0.1) is 6.42 Å². The van der Waals surface area contributed by atoms with Crippen molar-refractivity contribution in [3.8, 4) is 12.3 Å². The number of rotatable bonds is 3. The molecule has 0 saturated heterocycles. The summed E-state index contributed by atoms with van der Waals surface area (Å²) < 4.78 is 5.68. The summed E-state index contributed by atoms with van der Waals surface area (Å²) in [6.45, 7) is 0. The topological polar surface area (TPSA) is 13.1 Å². The van der Waals surface area contributed by atoms with Crippen LogP contribution in [0.2, 0.25) is 0 Å². The van der Waals surface area contributed by atoms with E-state index in [1.807, 2.05) is 30.3 Å². The summed E-state index contributed by atoms with van der Waals surface area (Å²) in [5.41, 5.74) is 0.874. The molecule has 0 N–H and O–H groups in total. The lowest BCUT2D eigenvalue weighted by atomic mass is 10.2. The SMILES string of the molecule is C#C/C=C/c1cc2cc(Sc3ccccc3)ccc2o1. The van der Waals surface area contributed by atoms with Crippen LogP contribution in [0.4, 0.5) is 0 Å². The number of allylic oxidation sites excluding steroid dienone is 1. The highest BCUT2D eigenvalue weighted by Crippen LogP contribution is 2.31. The summed E-state index contributed by atoms with van der Waals surface area (Å²) in [6, 6.07) is 18.5. The minimum absolute atomic E-state index is 0.778. The molecule has 1 nitrogen and oxygen atoms in total. The lowest BCUT2D eigenvalue weighted by Crippen LogP contribution is -1.72. The van der Waals surface area contributed by atoms with E-state index < -0.39 is 0 Å². The predicted octanol–water partition coefficient (Wildman–Crippen LogP) is 5.23. The summed E-state index contributed by atoms with van der Waals surface area (Å²) in [5.74, 6) is 3.24. The number of hydrogen-bond donors (Lipinski definition) is 0. The maximum absolute atomic E-state index is 5.68. The van der Waals surface area contributed by atoms with Crippen LogP contribution in [0.5, 0.6) is 0 Å². The Balaban J connectivity index is 1.91. The van der Waals surface area contributed by atoms with E-state index in [0.29, 0.717) is 0 Å². The molecule has 0 spiro atoms. The summed E-state index contributed by atoms with van der Waals surface area (Å²) in [5, 5.41) is 1.09. The third kappa shape index (κ3) is 2.79. The zero-order valence-corrected chi connectivity index (χ0v) is 11.6. The normalized spacial score (nSPS) is 10.9. The highest BCUT2D eigenvalue weighted by molar-refractivity contribution is 7.99. The molecule has 3 aromatic rings. The number of terminal acetylenes is 1. The molecule has 0 unspecified atom stereocenters. The number of fused-ring (bicyclic) bond motifs is 1. The van der Waals surface area contributed by atoms with Gasteiger partial charge in [0, 0.05) is 15.2 Å². The Morgan fingerprint density at radius 2 is 1.85 bits per heavy atom. The maximum atomic E-state index is 5.68. The molecular weight excluding hydrogens is 264 g/mol. The van der Waals surface area contributed by atoms with Crippen LogP contribution in [0, 0.1) is 12.3 Å². The zero-order chi connectivity index (χ0) is 13.8. The Bertz CT molecular complexity index is 791. The minimum atomic E-state index is 0.778. The zero-order valence-electron chi connectivity index (χ0n) is 10.7. The van der Waals surface area contributed by atoms with Crippen molar-refractivity contribution in [2.24, 2.45) is 0 Å². The van der Waals surface area contributed by atoms with E-state index in [1.165, 1.54) is 9.79 Å². The van der Waals surface area contributed by atoms with Crippen molar-refractivity contribution in [3.05, 3.63) is 66.4 Å². The van der Waals surface area contributed by atoms with E-state index in [0.717, 1.165) is 16.7 Å². The molecule has 0 fully saturated rings. The summed E-state index contributed by atoms with van der Waals surface area (Å²) in [7, 11) is 0. The van der Waals surface area contributed by atoms with Crippen LogP contribution in [0.15, 0.2) is 74.9 Å². The molecule has 0 aliphatic rings. The first-order valence-electron chi connectivity index (χ1n) is 6.24. The van der Waals surface area contributed by atoms with Crippen molar-refractivity contribution in [1.29, 1.82) is 0 Å². The molecule has 0 aliphatic heterocycles. The van der Waals surface area contributed by atoms with Crippen molar-refractivity contribution in [3.63, 3.8) is 0 Å². The van der Waals surface area contributed by atoms with Gasteiger partial charge in [-0.1, -0.05) is 35.9 Å². The molecule has 1 aromatic heterocycles. The van der Waals surface area contributed by atoms with Gasteiger partial charge >= 0.3 is 0 Å². The third-order valence-electron chi connectivity index (χ3n) is 2.83. The van der Waals surface area contributed by atoms with Gasteiger partial charge in [0.2, 0.25) is 0 Å². The summed E-state index contributed by atoms with van der Waals surface area (Å²) in [4.78, 5) is 2.42. The average Bonchev–Trinajstić information content (AvgIpc) is 2.88. The summed E-state index contributed by atoms with van der Waals surface area (Å²) in [6.07, 6.45) is 8.63. The fourth-order valence-electron chi connectivity index (χ4n) is 1.94. The van der Waals surface area contributed by atoms with Gasteiger partial charge in [0.05, 0.1) is 0 Å². The Morgan fingerprint density at radius 3 is 2.65 bits per heavy atom. The third-order valence-corrected chi connectivity index (χ3v) is 3.83. The quantitative estimate of drug-likeness (QED) is 0.608. The van der Waals surface area contributed by atoms with Crippen molar-refractivity contribution in [1.82, 2.24) is 0 Å². The van der Waals surface area contributed by atoms with Crippen LogP contribution in [0.3, 0.4) is 0 Å². The fraction of sp³-hybridized carbons (Fsp3) is 0. The average molecular weight is 276 g/mol. The molecule has 0 aliphatic carbocycles. The smallest absolute Gasteiger partial charge is 0.134 e. The first-order chi connectivity index (χ1) is 9.85. The van der Waals surface area contributed by atoms with Crippen molar-refractivity contribution in [2.75, 3.05) is 0 Å². The van der Waals surface area contributed by atoms with Gasteiger partial charge in [0.25, 0.3) is 0 Å². The Kier molecular flexibility index (Phi) is 3.62. The first kappa shape index (κ1) is 12.7. The number of furan rings is 1. The summed E-state index contributed by atoms with van der Waals surface area (Å²) >= 11 is 1.74. The van der Waals surface area contributed by atoms with Crippen LogP contribution in [-0.4, -0.2) is 0 Å². The maximum Gasteiger partial charge on any atom is 0.134 e. The Morgan fingerprint density at radius 1 is 1.00 bits per heavy atom. The Hall–Kier alpha value is -2.37. The molecule has 0 bridgehead atoms. The molecule has 20 heavy (non-hydrogen) atoms. The highest BCUT2D eigenvalue weighted by atomic mass is 32.2. The lowest BCUT2D eigenvalue weighted by molar-refractivity contribution is 0.604. The standard InChI is InChI=1S/C18H12OS/c1-2-3-7-15-12-14-13-17(10-11-18(14)19-15)20-16-8-5-4-6-9-16/h1,3-13H/b7-3+. The fourth-order valence-corrected chi connectivity index (χ4v) is 2.83. The monoisotopic (exact) mass is 276 g/mol. The van der Waals surface area contributed by atoms with E-state index in [9.17, 15) is 0 Å². The second-order valence-corrected chi connectivity index (χ2v) is 5.41. The van der Waals surface area contributed by atoms with E-state index in [4.69, 9.17) is 10.8 Å². The van der Waals surface area contributed by atoms with Gasteiger partial charge < -0.3 is 4.42 Å². The molecule has 1 heterocycles. The lowest BCUT2D eigenvalue weighted by Gasteiger charge is -2.00. The van der Waals surface area contributed by atoms with Gasteiger partial charge in [-0.25, -0.2) is 0 Å². The molecular formula is C18H12OS. The highest BCUT2D eigenvalue weighted by Gasteiger charge is 2.03. The second-order valence-electron chi connectivity index (χ2n) is 4.26. The number of benzene rings is 2. The van der Waals surface area contributed by atoms with Gasteiger partial charge in [0.1, 0.15) is 11.3 Å². The molecule has 96 valence electrons. The molecule has 0 saturated carbocycles. The Labute approximate surface area is 122 Å². The van der Waals surface area contributed by atoms with Crippen LogP contribution < -0.4 is 0 Å². The molecule has 0 radical (unpaired) electrons. The largest absolute Gasteiger partial charge is 0.457 e. The van der Waals surface area contributed by atoms with Gasteiger partial charge in [0.15, 0.2) is 0 Å². The minimum Gasteiger partial charge on any atom is -0.457 e. The van der Waals surface area contributed by atoms with Crippen molar-refractivity contribution < 1.29 is 4.42 Å². The van der Waals surface area contributed by atoms with Gasteiger partial charge in [-0.05, 0) is 48.6 Å². The molecule has 2 aromatic carbocycles.